The lowest BCUT2D eigenvalue weighted by molar-refractivity contribution is -0.140. The molecule has 2 aliphatic rings. The van der Waals surface area contributed by atoms with E-state index in [2.05, 4.69) is 4.74 Å². The van der Waals surface area contributed by atoms with Crippen molar-refractivity contribution < 1.29 is 24.5 Å². The number of carbonyl (C=O) groups is 2. The van der Waals surface area contributed by atoms with Gasteiger partial charge < -0.3 is 14.9 Å². The Balaban J connectivity index is 1.83. The normalized spacial score (nSPS) is 26.7. The first-order chi connectivity index (χ1) is 14.4. The Kier molecular flexibility index (Phi) is 10.8. The molecule has 4 atom stereocenters. The van der Waals surface area contributed by atoms with Gasteiger partial charge in [0.1, 0.15) is 5.78 Å². The summed E-state index contributed by atoms with van der Waals surface area (Å²) < 4.78 is 4.64. The molecule has 0 spiro atoms. The highest BCUT2D eigenvalue weighted by atomic mass is 35.5. The third-order valence-electron chi connectivity index (χ3n) is 7.16. The van der Waals surface area contributed by atoms with Crippen molar-refractivity contribution in [3.63, 3.8) is 0 Å². The van der Waals surface area contributed by atoms with Gasteiger partial charge in [0.15, 0.2) is 0 Å². The van der Waals surface area contributed by atoms with Gasteiger partial charge in [0.05, 0.1) is 19.3 Å². The van der Waals surface area contributed by atoms with Crippen LogP contribution in [0.1, 0.15) is 83.5 Å². The van der Waals surface area contributed by atoms with Crippen LogP contribution in [0.2, 0.25) is 0 Å². The van der Waals surface area contributed by atoms with Crippen LogP contribution in [-0.4, -0.2) is 47.2 Å². The molecule has 172 valence electrons. The number of unbranched alkanes of at least 4 members (excludes halogenated alkanes) is 4. The fourth-order valence-electron chi connectivity index (χ4n) is 5.02. The minimum absolute atomic E-state index is 0.0503. The Morgan fingerprint density at radius 2 is 1.97 bits per heavy atom. The lowest BCUT2D eigenvalue weighted by atomic mass is 9.62. The third kappa shape index (κ3) is 7.06. The summed E-state index contributed by atoms with van der Waals surface area (Å²) in [6.07, 6.45) is 13.7. The van der Waals surface area contributed by atoms with Gasteiger partial charge in [-0.15, -0.1) is 11.6 Å². The lowest BCUT2D eigenvalue weighted by Crippen LogP contribution is -2.40. The Morgan fingerprint density at radius 1 is 1.23 bits per heavy atom. The number of methoxy groups -OCH3 is 1. The largest absolute Gasteiger partial charge is 0.469 e. The third-order valence-corrected chi connectivity index (χ3v) is 7.42. The lowest BCUT2D eigenvalue weighted by Gasteiger charge is -2.45. The first kappa shape index (κ1) is 25.4. The zero-order chi connectivity index (χ0) is 22.0. The molecule has 2 rings (SSSR count). The predicted molar refractivity (Wildman–Crippen MR) is 118 cm³/mol. The van der Waals surface area contributed by atoms with Crippen molar-refractivity contribution in [1.29, 1.82) is 0 Å². The van der Waals surface area contributed by atoms with Gasteiger partial charge in [-0.05, 0) is 43.9 Å². The van der Waals surface area contributed by atoms with Gasteiger partial charge in [-0.1, -0.05) is 44.3 Å². The molecule has 30 heavy (non-hydrogen) atoms. The SMILES string of the molecule is COC(=O)CCCCCC[C@H]1C(=O)C[C@@H](O)[C@@H]1C=C[C@@H](O)C1(CCCCCl)CCC1. The average molecular weight is 443 g/mol. The first-order valence-electron chi connectivity index (χ1n) is 11.6. The second-order valence-corrected chi connectivity index (χ2v) is 9.52. The van der Waals surface area contributed by atoms with E-state index >= 15 is 0 Å². The van der Waals surface area contributed by atoms with E-state index in [0.29, 0.717) is 12.3 Å². The van der Waals surface area contributed by atoms with Gasteiger partial charge >= 0.3 is 5.97 Å². The molecule has 0 amide bonds. The van der Waals surface area contributed by atoms with Gasteiger partial charge in [0.2, 0.25) is 0 Å². The fraction of sp³-hybridized carbons (Fsp3) is 0.833. The van der Waals surface area contributed by atoms with Crippen LogP contribution in [0, 0.1) is 17.3 Å². The van der Waals surface area contributed by atoms with Crippen molar-refractivity contribution >= 4 is 23.4 Å². The quantitative estimate of drug-likeness (QED) is 0.178. The van der Waals surface area contributed by atoms with Crippen LogP contribution in [0.25, 0.3) is 0 Å². The number of ether oxygens (including phenoxy) is 1. The van der Waals surface area contributed by atoms with Crippen LogP contribution in [0.3, 0.4) is 0 Å². The zero-order valence-electron chi connectivity index (χ0n) is 18.4. The average Bonchev–Trinajstić information content (AvgIpc) is 2.96. The maximum atomic E-state index is 12.4. The predicted octanol–water partition coefficient (Wildman–Crippen LogP) is 4.56. The minimum atomic E-state index is -0.654. The van der Waals surface area contributed by atoms with Crippen LogP contribution >= 0.6 is 11.6 Å². The number of hydrogen-bond donors (Lipinski definition) is 2. The second-order valence-electron chi connectivity index (χ2n) is 9.14. The Hall–Kier alpha value is -0.910. The number of esters is 1. The fourth-order valence-corrected chi connectivity index (χ4v) is 5.20. The van der Waals surface area contributed by atoms with E-state index < -0.39 is 12.2 Å². The van der Waals surface area contributed by atoms with E-state index in [-0.39, 0.29) is 35.4 Å². The molecule has 2 fully saturated rings. The van der Waals surface area contributed by atoms with E-state index in [9.17, 15) is 19.8 Å². The molecule has 5 nitrogen and oxygen atoms in total. The van der Waals surface area contributed by atoms with Gasteiger partial charge in [-0.25, -0.2) is 0 Å². The Morgan fingerprint density at radius 3 is 2.60 bits per heavy atom. The van der Waals surface area contributed by atoms with Crippen molar-refractivity contribution in [2.75, 3.05) is 13.0 Å². The molecule has 0 aliphatic heterocycles. The van der Waals surface area contributed by atoms with E-state index in [0.717, 1.165) is 70.6 Å². The number of aliphatic hydroxyl groups is 2. The number of Topliss-reactive ketones (excluding diaryl/α,β-unsaturated/α-hetero) is 1. The smallest absolute Gasteiger partial charge is 0.305 e. The summed E-state index contributed by atoms with van der Waals surface area (Å²) in [5.74, 6) is 0.226. The summed E-state index contributed by atoms with van der Waals surface area (Å²) in [4.78, 5) is 23.5. The maximum absolute atomic E-state index is 12.4. The number of aliphatic hydroxyl groups excluding tert-OH is 2. The summed E-state index contributed by atoms with van der Waals surface area (Å²) in [6.45, 7) is 0. The van der Waals surface area contributed by atoms with Crippen molar-refractivity contribution in [1.82, 2.24) is 0 Å². The van der Waals surface area contributed by atoms with E-state index in [1.54, 1.807) is 0 Å². The molecule has 2 saturated carbocycles. The molecule has 0 bridgehead atoms. The van der Waals surface area contributed by atoms with Crippen LogP contribution in [0.4, 0.5) is 0 Å². The van der Waals surface area contributed by atoms with Crippen molar-refractivity contribution in [3.8, 4) is 0 Å². The molecule has 0 aromatic heterocycles. The Bertz CT molecular complexity index is 572. The van der Waals surface area contributed by atoms with Gasteiger partial charge in [0.25, 0.3) is 0 Å². The minimum Gasteiger partial charge on any atom is -0.469 e. The molecule has 2 N–H and O–H groups in total. The number of hydrogen-bond acceptors (Lipinski definition) is 5. The molecular formula is C24H39ClO5. The molecular weight excluding hydrogens is 404 g/mol. The standard InChI is InChI=1S/C24H39ClO5/c1-30-23(29)10-5-3-2-4-9-18-19(21(27)17-20(18)26)11-12-22(28)24(14-8-15-24)13-6-7-16-25/h11-12,18-19,21-22,27-28H,2-10,13-17H2,1H3/t18-,19-,21-,22-/m1/s1. The topological polar surface area (TPSA) is 83.8 Å². The van der Waals surface area contributed by atoms with E-state index in [4.69, 9.17) is 11.6 Å². The summed E-state index contributed by atoms with van der Waals surface area (Å²) >= 11 is 5.80. The molecule has 2 aliphatic carbocycles. The van der Waals surface area contributed by atoms with Crippen molar-refractivity contribution in [2.45, 2.75) is 95.7 Å². The highest BCUT2D eigenvalue weighted by Crippen LogP contribution is 2.48. The maximum Gasteiger partial charge on any atom is 0.305 e. The second kappa shape index (κ2) is 12.8. The number of alkyl halides is 1. The molecule has 0 heterocycles. The number of ketones is 1. The summed E-state index contributed by atoms with van der Waals surface area (Å²) in [5, 5.41) is 21.2. The van der Waals surface area contributed by atoms with Gasteiger partial charge in [-0.2, -0.15) is 0 Å². The zero-order valence-corrected chi connectivity index (χ0v) is 19.1. The molecule has 0 saturated heterocycles. The van der Waals surface area contributed by atoms with Crippen LogP contribution in [-0.2, 0) is 14.3 Å². The van der Waals surface area contributed by atoms with Crippen molar-refractivity contribution in [2.24, 2.45) is 17.3 Å². The van der Waals surface area contributed by atoms with E-state index in [1.165, 1.54) is 7.11 Å². The Labute approximate surface area is 186 Å². The monoisotopic (exact) mass is 442 g/mol. The summed E-state index contributed by atoms with van der Waals surface area (Å²) in [6, 6.07) is 0. The highest BCUT2D eigenvalue weighted by Gasteiger charge is 2.43. The number of rotatable bonds is 14. The van der Waals surface area contributed by atoms with Crippen LogP contribution in [0.15, 0.2) is 12.2 Å². The first-order valence-corrected chi connectivity index (χ1v) is 12.2. The summed E-state index contributed by atoms with van der Waals surface area (Å²) in [7, 11) is 1.40. The molecule has 6 heteroatoms. The van der Waals surface area contributed by atoms with Crippen molar-refractivity contribution in [3.05, 3.63) is 12.2 Å². The molecule has 0 aromatic rings. The summed E-state index contributed by atoms with van der Waals surface area (Å²) in [5.41, 5.74) is -0.0503. The molecule has 0 unspecified atom stereocenters. The van der Waals surface area contributed by atoms with Crippen LogP contribution in [0.5, 0.6) is 0 Å². The van der Waals surface area contributed by atoms with Gasteiger partial charge in [-0.3, -0.25) is 9.59 Å². The number of carbonyl (C=O) groups excluding carboxylic acids is 2. The number of halogens is 1. The molecule has 0 aromatic carbocycles. The molecule has 0 radical (unpaired) electrons. The van der Waals surface area contributed by atoms with E-state index in [1.807, 2.05) is 12.2 Å². The van der Waals surface area contributed by atoms with Gasteiger partial charge in [0, 0.05) is 30.6 Å². The highest BCUT2D eigenvalue weighted by molar-refractivity contribution is 6.17. The van der Waals surface area contributed by atoms with Crippen LogP contribution < -0.4 is 0 Å².